The molecule has 0 spiro atoms. The number of nitrogens with zero attached hydrogens (tertiary/aromatic N) is 1. The van der Waals surface area contributed by atoms with E-state index in [4.69, 9.17) is 14.2 Å². The summed E-state index contributed by atoms with van der Waals surface area (Å²) in [5, 5.41) is 4.08. The Morgan fingerprint density at radius 3 is 2.59 bits per heavy atom. The molecule has 0 unspecified atom stereocenters. The molecule has 0 aromatic heterocycles. The van der Waals surface area contributed by atoms with Crippen LogP contribution in [0.4, 0.5) is 0 Å². The average Bonchev–Trinajstić information content (AvgIpc) is 3.44. The predicted octanol–water partition coefficient (Wildman–Crippen LogP) is 3.11. The van der Waals surface area contributed by atoms with E-state index in [1.807, 2.05) is 43.3 Å². The van der Waals surface area contributed by atoms with E-state index in [1.54, 1.807) is 32.6 Å². The fraction of sp³-hybridized carbons (Fsp3) is 0.333. The first kappa shape index (κ1) is 18.9. The molecule has 0 bridgehead atoms. The summed E-state index contributed by atoms with van der Waals surface area (Å²) in [5.41, 5.74) is 3.90. The highest BCUT2D eigenvalue weighted by molar-refractivity contribution is 5.86. The predicted molar refractivity (Wildman–Crippen MR) is 103 cm³/mol. The van der Waals surface area contributed by atoms with E-state index >= 15 is 0 Å². The van der Waals surface area contributed by atoms with Gasteiger partial charge in [0, 0.05) is 6.61 Å². The van der Waals surface area contributed by atoms with Gasteiger partial charge in [-0.25, -0.2) is 5.43 Å². The molecule has 2 atom stereocenters. The summed E-state index contributed by atoms with van der Waals surface area (Å²) >= 11 is 0. The largest absolute Gasteiger partial charge is 0.493 e. The Morgan fingerprint density at radius 2 is 1.93 bits per heavy atom. The van der Waals surface area contributed by atoms with Gasteiger partial charge in [0.1, 0.15) is 5.60 Å². The fourth-order valence-electron chi connectivity index (χ4n) is 3.27. The van der Waals surface area contributed by atoms with Gasteiger partial charge in [0.15, 0.2) is 11.5 Å². The van der Waals surface area contributed by atoms with E-state index in [0.29, 0.717) is 24.5 Å². The molecule has 1 fully saturated rings. The lowest BCUT2D eigenvalue weighted by Crippen LogP contribution is -2.26. The van der Waals surface area contributed by atoms with E-state index < -0.39 is 5.60 Å². The normalized spacial score (nSPS) is 21.1. The second-order valence-electron chi connectivity index (χ2n) is 6.29. The van der Waals surface area contributed by atoms with Crippen LogP contribution in [0, 0.1) is 5.92 Å². The van der Waals surface area contributed by atoms with Crippen molar-refractivity contribution in [2.45, 2.75) is 18.9 Å². The van der Waals surface area contributed by atoms with Crippen LogP contribution in [-0.4, -0.2) is 32.9 Å². The van der Waals surface area contributed by atoms with E-state index in [1.165, 1.54) is 0 Å². The summed E-state index contributed by atoms with van der Waals surface area (Å²) in [6.45, 7) is 2.49. The molecule has 0 saturated heterocycles. The summed E-state index contributed by atoms with van der Waals surface area (Å²) in [6.07, 6.45) is 2.23. The minimum absolute atomic E-state index is 0.149. The Balaban J connectivity index is 1.65. The van der Waals surface area contributed by atoms with Crippen molar-refractivity contribution in [1.82, 2.24) is 5.43 Å². The lowest BCUT2D eigenvalue weighted by atomic mass is 10.1. The fourth-order valence-corrected chi connectivity index (χ4v) is 3.27. The Labute approximate surface area is 159 Å². The zero-order chi connectivity index (χ0) is 19.3. The van der Waals surface area contributed by atoms with Gasteiger partial charge < -0.3 is 14.2 Å². The standard InChI is InChI=1S/C21H24N2O4/c1-4-27-21(16-8-6-5-7-9-16)13-17(21)20(24)23-22-14-15-10-11-18(25-2)19(12-15)26-3/h5-12,14,17H,4,13H2,1-3H3,(H,23,24)/b22-14+/t17-,21+/m0/s1. The first-order valence-corrected chi connectivity index (χ1v) is 8.89. The molecule has 1 amide bonds. The lowest BCUT2D eigenvalue weighted by molar-refractivity contribution is -0.124. The number of hydrogen-bond donors (Lipinski definition) is 1. The van der Waals surface area contributed by atoms with E-state index in [0.717, 1.165) is 11.1 Å². The lowest BCUT2D eigenvalue weighted by Gasteiger charge is -2.17. The summed E-state index contributed by atoms with van der Waals surface area (Å²) in [4.78, 5) is 12.5. The van der Waals surface area contributed by atoms with Crippen LogP contribution < -0.4 is 14.9 Å². The van der Waals surface area contributed by atoms with Gasteiger partial charge in [-0.05, 0) is 42.7 Å². The Kier molecular flexibility index (Phi) is 5.76. The minimum atomic E-state index is -0.543. The molecule has 1 N–H and O–H groups in total. The number of hydrogen-bond acceptors (Lipinski definition) is 5. The Bertz CT molecular complexity index is 822. The van der Waals surface area contributed by atoms with Crippen molar-refractivity contribution in [2.24, 2.45) is 11.0 Å². The van der Waals surface area contributed by atoms with Crippen LogP contribution in [0.15, 0.2) is 53.6 Å². The third-order valence-corrected chi connectivity index (χ3v) is 4.69. The summed E-state index contributed by atoms with van der Waals surface area (Å²) < 4.78 is 16.4. The third-order valence-electron chi connectivity index (χ3n) is 4.69. The molecule has 0 aliphatic heterocycles. The molecule has 0 radical (unpaired) electrons. The second kappa shape index (κ2) is 8.22. The smallest absolute Gasteiger partial charge is 0.246 e. The van der Waals surface area contributed by atoms with Crippen LogP contribution in [-0.2, 0) is 15.1 Å². The van der Waals surface area contributed by atoms with Crippen molar-refractivity contribution in [3.63, 3.8) is 0 Å². The van der Waals surface area contributed by atoms with Crippen molar-refractivity contribution in [2.75, 3.05) is 20.8 Å². The number of amides is 1. The topological polar surface area (TPSA) is 69.2 Å². The van der Waals surface area contributed by atoms with Crippen molar-refractivity contribution in [1.29, 1.82) is 0 Å². The van der Waals surface area contributed by atoms with Gasteiger partial charge in [-0.1, -0.05) is 30.3 Å². The maximum absolute atomic E-state index is 12.5. The molecule has 1 aliphatic carbocycles. The van der Waals surface area contributed by atoms with Gasteiger partial charge >= 0.3 is 0 Å². The van der Waals surface area contributed by atoms with Crippen LogP contribution in [0.3, 0.4) is 0 Å². The zero-order valence-electron chi connectivity index (χ0n) is 15.8. The highest BCUT2D eigenvalue weighted by atomic mass is 16.5. The molecule has 2 aromatic carbocycles. The van der Waals surface area contributed by atoms with E-state index in [-0.39, 0.29) is 11.8 Å². The summed E-state index contributed by atoms with van der Waals surface area (Å²) in [6, 6.07) is 15.3. The molecule has 27 heavy (non-hydrogen) atoms. The highest BCUT2D eigenvalue weighted by Gasteiger charge is 2.60. The van der Waals surface area contributed by atoms with Gasteiger partial charge in [-0.2, -0.15) is 5.10 Å². The quantitative estimate of drug-likeness (QED) is 0.574. The maximum Gasteiger partial charge on any atom is 0.246 e. The Hall–Kier alpha value is -2.86. The first-order chi connectivity index (χ1) is 13.1. The van der Waals surface area contributed by atoms with Crippen LogP contribution in [0.1, 0.15) is 24.5 Å². The van der Waals surface area contributed by atoms with Crippen LogP contribution in [0.25, 0.3) is 0 Å². The number of methoxy groups -OCH3 is 2. The minimum Gasteiger partial charge on any atom is -0.493 e. The van der Waals surface area contributed by atoms with Gasteiger partial charge in [0.05, 0.1) is 26.4 Å². The van der Waals surface area contributed by atoms with E-state index in [9.17, 15) is 4.79 Å². The van der Waals surface area contributed by atoms with E-state index in [2.05, 4.69) is 10.5 Å². The van der Waals surface area contributed by atoms with Crippen LogP contribution in [0.5, 0.6) is 11.5 Å². The highest BCUT2D eigenvalue weighted by Crippen LogP contribution is 2.55. The molecular weight excluding hydrogens is 344 g/mol. The molecule has 1 aliphatic rings. The molecule has 1 saturated carbocycles. The van der Waals surface area contributed by atoms with Crippen molar-refractivity contribution >= 4 is 12.1 Å². The number of carbonyl (C=O) groups excluding carboxylic acids is 1. The molecule has 0 heterocycles. The zero-order valence-corrected chi connectivity index (χ0v) is 15.8. The SMILES string of the molecule is CCO[C@@]1(c2ccccc2)C[C@H]1C(=O)N/N=C/c1ccc(OC)c(OC)c1. The molecule has 6 nitrogen and oxygen atoms in total. The van der Waals surface area contributed by atoms with Crippen molar-refractivity contribution in [3.05, 3.63) is 59.7 Å². The number of carbonyl (C=O) groups is 1. The summed E-state index contributed by atoms with van der Waals surface area (Å²) in [5.74, 6) is 0.849. The van der Waals surface area contributed by atoms with Crippen molar-refractivity contribution < 1.29 is 19.0 Å². The molecular formula is C21H24N2O4. The van der Waals surface area contributed by atoms with Gasteiger partial charge in [0.2, 0.25) is 5.91 Å². The van der Waals surface area contributed by atoms with Crippen LogP contribution >= 0.6 is 0 Å². The van der Waals surface area contributed by atoms with Gasteiger partial charge in [-0.3, -0.25) is 4.79 Å². The molecule has 2 aromatic rings. The average molecular weight is 368 g/mol. The number of nitrogens with one attached hydrogen (secondary N) is 1. The first-order valence-electron chi connectivity index (χ1n) is 8.89. The molecule has 6 heteroatoms. The molecule has 142 valence electrons. The third kappa shape index (κ3) is 3.95. The number of hydrazone groups is 1. The number of benzene rings is 2. The van der Waals surface area contributed by atoms with Crippen molar-refractivity contribution in [3.8, 4) is 11.5 Å². The molecule has 3 rings (SSSR count). The second-order valence-corrected chi connectivity index (χ2v) is 6.29. The van der Waals surface area contributed by atoms with Crippen LogP contribution in [0.2, 0.25) is 0 Å². The van der Waals surface area contributed by atoms with Gasteiger partial charge in [-0.15, -0.1) is 0 Å². The summed E-state index contributed by atoms with van der Waals surface area (Å²) in [7, 11) is 3.16. The van der Waals surface area contributed by atoms with Gasteiger partial charge in [0.25, 0.3) is 0 Å². The Morgan fingerprint density at radius 1 is 1.19 bits per heavy atom. The number of ether oxygens (including phenoxy) is 3. The monoisotopic (exact) mass is 368 g/mol. The number of rotatable bonds is 8. The maximum atomic E-state index is 12.5.